The van der Waals surface area contributed by atoms with E-state index in [2.05, 4.69) is 0 Å². The van der Waals surface area contributed by atoms with Gasteiger partial charge in [-0.05, 0) is 61.6 Å². The normalized spacial score (nSPS) is 19.3. The van der Waals surface area contributed by atoms with Crippen molar-refractivity contribution in [1.82, 2.24) is 4.90 Å². The zero-order chi connectivity index (χ0) is 21.1. The van der Waals surface area contributed by atoms with Gasteiger partial charge in [0, 0.05) is 29.3 Å². The van der Waals surface area contributed by atoms with Crippen LogP contribution >= 0.6 is 35.6 Å². The van der Waals surface area contributed by atoms with Gasteiger partial charge in [0.15, 0.2) is 0 Å². The molecule has 0 atom stereocenters. The lowest BCUT2D eigenvalue weighted by molar-refractivity contribution is -0.124. The minimum absolute atomic E-state index is 0.0190. The number of carbonyl (C=O) groups is 1. The van der Waals surface area contributed by atoms with Gasteiger partial charge in [-0.15, -0.1) is 0 Å². The number of furan rings is 1. The molecule has 7 heteroatoms. The number of aliphatic hydroxyl groups is 1. The van der Waals surface area contributed by atoms with Crippen LogP contribution in [0.5, 0.6) is 0 Å². The minimum atomic E-state index is -0.0190. The Hall–Kier alpha value is -1.60. The number of aliphatic hydroxyl groups excluding tert-OH is 1. The van der Waals surface area contributed by atoms with Crippen LogP contribution in [0.2, 0.25) is 5.02 Å². The molecule has 0 unspecified atom stereocenters. The van der Waals surface area contributed by atoms with Crippen molar-refractivity contribution < 1.29 is 14.3 Å². The van der Waals surface area contributed by atoms with Crippen LogP contribution in [0.1, 0.15) is 49.8 Å². The summed E-state index contributed by atoms with van der Waals surface area (Å²) in [5, 5.41) is 9.93. The van der Waals surface area contributed by atoms with Crippen molar-refractivity contribution in [3.8, 4) is 11.3 Å². The van der Waals surface area contributed by atoms with E-state index < -0.39 is 0 Å². The topological polar surface area (TPSA) is 53.7 Å². The smallest absolute Gasteiger partial charge is 0.266 e. The molecule has 1 aromatic carbocycles. The average Bonchev–Trinajstić information content (AvgIpc) is 3.28. The Kier molecular flexibility index (Phi) is 6.98. The highest BCUT2D eigenvalue weighted by Gasteiger charge is 2.37. The van der Waals surface area contributed by atoms with E-state index in [-0.39, 0.29) is 18.6 Å². The highest BCUT2D eigenvalue weighted by atomic mass is 35.5. The van der Waals surface area contributed by atoms with Gasteiger partial charge in [-0.1, -0.05) is 54.8 Å². The standard InChI is InChI=1S/C23H24ClNO3S2/c24-17-10-8-15(9-11-17)19-13-16(5-4-12-26)20(28-19)14-21-22(27)25(23(29)30-21)18-6-2-1-3-7-18/h8-11,13-14,18,26H,1-7,12H2. The maximum absolute atomic E-state index is 13.1. The molecule has 4 rings (SSSR count). The Balaban J connectivity index is 1.63. The highest BCUT2D eigenvalue weighted by molar-refractivity contribution is 8.26. The van der Waals surface area contributed by atoms with E-state index in [1.165, 1.54) is 18.2 Å². The minimum Gasteiger partial charge on any atom is -0.456 e. The van der Waals surface area contributed by atoms with Crippen molar-refractivity contribution in [2.75, 3.05) is 6.61 Å². The average molecular weight is 462 g/mol. The molecule has 1 aliphatic carbocycles. The van der Waals surface area contributed by atoms with Crippen LogP contribution in [0, 0.1) is 0 Å². The van der Waals surface area contributed by atoms with Crippen LogP contribution in [-0.2, 0) is 11.2 Å². The molecule has 1 amide bonds. The molecule has 1 aromatic heterocycles. The monoisotopic (exact) mass is 461 g/mol. The number of hydrogen-bond acceptors (Lipinski definition) is 5. The van der Waals surface area contributed by atoms with E-state index >= 15 is 0 Å². The predicted octanol–water partition coefficient (Wildman–Crippen LogP) is 6.06. The SMILES string of the molecule is O=C1C(=Cc2oc(-c3ccc(Cl)cc3)cc2CCCO)SC(=S)N1C1CCCCC1. The summed E-state index contributed by atoms with van der Waals surface area (Å²) in [6.45, 7) is 0.102. The fourth-order valence-corrected chi connectivity index (χ4v) is 5.54. The molecule has 2 aromatic rings. The molecule has 2 aliphatic rings. The van der Waals surface area contributed by atoms with Crippen molar-refractivity contribution in [2.24, 2.45) is 0 Å². The second-order valence-electron chi connectivity index (χ2n) is 7.68. The van der Waals surface area contributed by atoms with E-state index in [0.29, 0.717) is 38.6 Å². The number of rotatable bonds is 6. The van der Waals surface area contributed by atoms with Crippen LogP contribution < -0.4 is 0 Å². The molecule has 2 heterocycles. The summed E-state index contributed by atoms with van der Waals surface area (Å²) < 4.78 is 6.77. The van der Waals surface area contributed by atoms with Gasteiger partial charge in [-0.25, -0.2) is 0 Å². The quantitative estimate of drug-likeness (QED) is 0.418. The van der Waals surface area contributed by atoms with Gasteiger partial charge in [-0.3, -0.25) is 9.69 Å². The maximum Gasteiger partial charge on any atom is 0.266 e. The first-order chi connectivity index (χ1) is 14.6. The number of aryl methyl sites for hydroxylation is 1. The third-order valence-electron chi connectivity index (χ3n) is 5.60. The van der Waals surface area contributed by atoms with Crippen molar-refractivity contribution in [1.29, 1.82) is 0 Å². The number of thioether (sulfide) groups is 1. The summed E-state index contributed by atoms with van der Waals surface area (Å²) in [4.78, 5) is 15.5. The lowest BCUT2D eigenvalue weighted by Crippen LogP contribution is -2.39. The maximum atomic E-state index is 13.1. The largest absolute Gasteiger partial charge is 0.456 e. The predicted molar refractivity (Wildman–Crippen MR) is 126 cm³/mol. The molecule has 1 N–H and O–H groups in total. The molecule has 0 bridgehead atoms. The molecule has 1 saturated heterocycles. The highest BCUT2D eigenvalue weighted by Crippen LogP contribution is 2.38. The zero-order valence-corrected chi connectivity index (χ0v) is 19.0. The van der Waals surface area contributed by atoms with Crippen LogP contribution in [0.3, 0.4) is 0 Å². The first-order valence-corrected chi connectivity index (χ1v) is 11.9. The van der Waals surface area contributed by atoms with E-state index in [1.54, 1.807) is 4.90 Å². The summed E-state index contributed by atoms with van der Waals surface area (Å²) in [5.74, 6) is 1.35. The zero-order valence-electron chi connectivity index (χ0n) is 16.6. The van der Waals surface area contributed by atoms with Crippen molar-refractivity contribution in [3.63, 3.8) is 0 Å². The van der Waals surface area contributed by atoms with E-state index in [1.807, 2.05) is 36.4 Å². The number of benzene rings is 1. The fourth-order valence-electron chi connectivity index (χ4n) is 4.04. The molecule has 4 nitrogen and oxygen atoms in total. The van der Waals surface area contributed by atoms with E-state index in [4.69, 9.17) is 28.2 Å². The Labute approximate surface area is 191 Å². The van der Waals surface area contributed by atoms with Gasteiger partial charge in [0.2, 0.25) is 0 Å². The number of amides is 1. The van der Waals surface area contributed by atoms with Gasteiger partial charge >= 0.3 is 0 Å². The van der Waals surface area contributed by atoms with Gasteiger partial charge in [0.25, 0.3) is 5.91 Å². The second-order valence-corrected chi connectivity index (χ2v) is 9.79. The summed E-state index contributed by atoms with van der Waals surface area (Å²) in [5.41, 5.74) is 1.89. The van der Waals surface area contributed by atoms with E-state index in [9.17, 15) is 9.90 Å². The number of halogens is 1. The molecule has 2 fully saturated rings. The van der Waals surface area contributed by atoms with Crippen LogP contribution in [0.4, 0.5) is 0 Å². The lowest BCUT2D eigenvalue weighted by Gasteiger charge is -2.29. The molecule has 1 aliphatic heterocycles. The number of nitrogens with zero attached hydrogens (tertiary/aromatic N) is 1. The number of thiocarbonyl (C=S) groups is 1. The number of carbonyl (C=O) groups excluding carboxylic acids is 1. The van der Waals surface area contributed by atoms with Crippen LogP contribution in [0.15, 0.2) is 39.7 Å². The summed E-state index contributed by atoms with van der Waals surface area (Å²) in [7, 11) is 0. The molecular formula is C23H24ClNO3S2. The third-order valence-corrected chi connectivity index (χ3v) is 7.18. The lowest BCUT2D eigenvalue weighted by atomic mass is 9.94. The van der Waals surface area contributed by atoms with Crippen LogP contribution in [0.25, 0.3) is 17.4 Å². The Morgan fingerprint density at radius 2 is 1.97 bits per heavy atom. The first-order valence-electron chi connectivity index (χ1n) is 10.3. The van der Waals surface area contributed by atoms with Crippen molar-refractivity contribution >= 4 is 51.9 Å². The first kappa shape index (κ1) is 21.6. The Morgan fingerprint density at radius 3 is 2.67 bits per heavy atom. The molecule has 0 radical (unpaired) electrons. The summed E-state index contributed by atoms with van der Waals surface area (Å²) in [6, 6.07) is 9.65. The molecule has 158 valence electrons. The Morgan fingerprint density at radius 1 is 1.23 bits per heavy atom. The summed E-state index contributed by atoms with van der Waals surface area (Å²) >= 11 is 12.9. The van der Waals surface area contributed by atoms with Gasteiger partial charge in [0.05, 0.1) is 4.91 Å². The molecular weight excluding hydrogens is 438 g/mol. The third kappa shape index (κ3) is 4.67. The molecule has 1 saturated carbocycles. The van der Waals surface area contributed by atoms with Gasteiger partial charge < -0.3 is 9.52 Å². The van der Waals surface area contributed by atoms with Crippen LogP contribution in [-0.4, -0.2) is 32.9 Å². The molecule has 0 spiro atoms. The van der Waals surface area contributed by atoms with Crippen molar-refractivity contribution in [3.05, 3.63) is 51.6 Å². The Bertz CT molecular complexity index is 961. The summed E-state index contributed by atoms with van der Waals surface area (Å²) in [6.07, 6.45) is 8.67. The molecule has 30 heavy (non-hydrogen) atoms. The second kappa shape index (κ2) is 9.69. The van der Waals surface area contributed by atoms with Gasteiger partial charge in [0.1, 0.15) is 15.8 Å². The number of hydrogen-bond donors (Lipinski definition) is 1. The fraction of sp³-hybridized carbons (Fsp3) is 0.391. The van der Waals surface area contributed by atoms with Crippen molar-refractivity contribution in [2.45, 2.75) is 51.0 Å². The van der Waals surface area contributed by atoms with Gasteiger partial charge in [-0.2, -0.15) is 0 Å². The van der Waals surface area contributed by atoms with E-state index in [0.717, 1.165) is 36.8 Å².